The van der Waals surface area contributed by atoms with Gasteiger partial charge < -0.3 is 0 Å². The molecule has 0 aliphatic carbocycles. The minimum absolute atomic E-state index is 1.04. The van der Waals surface area contributed by atoms with Crippen LogP contribution < -0.4 is 0 Å². The Morgan fingerprint density at radius 3 is 2.57 bits per heavy atom. The van der Waals surface area contributed by atoms with Crippen molar-refractivity contribution in [2.24, 2.45) is 0 Å². The molecule has 0 radical (unpaired) electrons. The Balaban J connectivity index is 0.000000791. The van der Waals surface area contributed by atoms with Gasteiger partial charge in [-0.25, -0.2) is 4.09 Å². The standard InChI is InChI=1S/C9H12N2S.C2H6/c1-4-5-6-9-7-11(12-3)10-8(9)2;1-2/h4-7H,1H2,2-3H3;1-2H3/b6-5-;. The summed E-state index contributed by atoms with van der Waals surface area (Å²) in [7, 11) is 0. The van der Waals surface area contributed by atoms with Gasteiger partial charge >= 0.3 is 0 Å². The fourth-order valence-electron chi connectivity index (χ4n) is 0.876. The fraction of sp³-hybridized carbons (Fsp3) is 0.364. The first-order valence-corrected chi connectivity index (χ1v) is 5.86. The van der Waals surface area contributed by atoms with Crippen LogP contribution in [-0.4, -0.2) is 15.4 Å². The molecule has 1 aromatic rings. The largest absolute Gasteiger partial charge is 0.214 e. The monoisotopic (exact) mass is 210 g/mol. The SMILES string of the molecule is C=C/C=C\c1cn(SC)nc1C.CC. The van der Waals surface area contributed by atoms with Crippen molar-refractivity contribution in [1.29, 1.82) is 0 Å². The summed E-state index contributed by atoms with van der Waals surface area (Å²) in [6, 6.07) is 0. The highest BCUT2D eigenvalue weighted by molar-refractivity contribution is 7.97. The topological polar surface area (TPSA) is 17.8 Å². The van der Waals surface area contributed by atoms with E-state index in [-0.39, 0.29) is 0 Å². The van der Waals surface area contributed by atoms with E-state index in [1.807, 2.05) is 49.5 Å². The molecule has 0 saturated carbocycles. The third kappa shape index (κ3) is 3.83. The van der Waals surface area contributed by atoms with Crippen LogP contribution >= 0.6 is 11.9 Å². The summed E-state index contributed by atoms with van der Waals surface area (Å²) in [5.41, 5.74) is 2.19. The number of hydrogen-bond acceptors (Lipinski definition) is 2. The van der Waals surface area contributed by atoms with Gasteiger partial charge in [0.2, 0.25) is 0 Å². The maximum Gasteiger partial charge on any atom is 0.0676 e. The Hall–Kier alpha value is -0.960. The van der Waals surface area contributed by atoms with Gasteiger partial charge in [0.15, 0.2) is 0 Å². The molecule has 0 unspecified atom stereocenters. The molecule has 0 fully saturated rings. The smallest absolute Gasteiger partial charge is 0.0676 e. The Labute approximate surface area is 90.8 Å². The van der Waals surface area contributed by atoms with E-state index in [1.165, 1.54) is 0 Å². The van der Waals surface area contributed by atoms with Gasteiger partial charge in [0.05, 0.1) is 5.69 Å². The number of hydrogen-bond donors (Lipinski definition) is 0. The van der Waals surface area contributed by atoms with Gasteiger partial charge in [-0.05, 0) is 18.9 Å². The van der Waals surface area contributed by atoms with Crippen LogP contribution in [0.3, 0.4) is 0 Å². The highest BCUT2D eigenvalue weighted by atomic mass is 32.2. The molecular weight excluding hydrogens is 192 g/mol. The van der Waals surface area contributed by atoms with Crippen molar-refractivity contribution >= 4 is 18.0 Å². The average molecular weight is 210 g/mol. The summed E-state index contributed by atoms with van der Waals surface area (Å²) in [6.07, 6.45) is 9.67. The Morgan fingerprint density at radius 2 is 2.14 bits per heavy atom. The second kappa shape index (κ2) is 7.44. The van der Waals surface area contributed by atoms with Crippen LogP contribution in [0.25, 0.3) is 6.08 Å². The Morgan fingerprint density at radius 1 is 1.50 bits per heavy atom. The Kier molecular flexibility index (Phi) is 6.93. The fourth-order valence-corrected chi connectivity index (χ4v) is 1.30. The quantitative estimate of drug-likeness (QED) is 0.710. The van der Waals surface area contributed by atoms with Crippen LogP contribution in [0.5, 0.6) is 0 Å². The molecular formula is C11H18N2S. The normalized spacial score (nSPS) is 9.71. The molecule has 1 rings (SSSR count). The molecule has 0 atom stereocenters. The van der Waals surface area contributed by atoms with Crippen molar-refractivity contribution in [2.45, 2.75) is 20.8 Å². The molecule has 0 saturated heterocycles. The number of rotatable bonds is 3. The molecule has 3 heteroatoms. The van der Waals surface area contributed by atoms with E-state index in [0.717, 1.165) is 11.3 Å². The lowest BCUT2D eigenvalue weighted by molar-refractivity contribution is 0.981. The summed E-state index contributed by atoms with van der Waals surface area (Å²) in [5.74, 6) is 0. The molecule has 0 aliphatic rings. The summed E-state index contributed by atoms with van der Waals surface area (Å²) >= 11 is 1.58. The van der Waals surface area contributed by atoms with Crippen molar-refractivity contribution in [3.05, 3.63) is 36.2 Å². The van der Waals surface area contributed by atoms with Crippen molar-refractivity contribution in [3.63, 3.8) is 0 Å². The number of nitrogens with zero attached hydrogens (tertiary/aromatic N) is 2. The molecule has 0 bridgehead atoms. The van der Waals surface area contributed by atoms with Crippen LogP contribution in [0.4, 0.5) is 0 Å². The minimum Gasteiger partial charge on any atom is -0.214 e. The summed E-state index contributed by atoms with van der Waals surface area (Å²) < 4.78 is 1.85. The molecule has 0 aromatic carbocycles. The maximum absolute atomic E-state index is 4.28. The number of aromatic nitrogens is 2. The summed E-state index contributed by atoms with van der Waals surface area (Å²) in [5, 5.41) is 4.28. The van der Waals surface area contributed by atoms with Crippen LogP contribution in [0.15, 0.2) is 24.9 Å². The predicted molar refractivity (Wildman–Crippen MR) is 66.5 cm³/mol. The van der Waals surface area contributed by atoms with Crippen LogP contribution in [0.2, 0.25) is 0 Å². The zero-order valence-electron chi connectivity index (χ0n) is 9.32. The Bertz CT molecular complexity index is 300. The maximum atomic E-state index is 4.28. The highest BCUT2D eigenvalue weighted by Gasteiger charge is 1.99. The van der Waals surface area contributed by atoms with E-state index in [4.69, 9.17) is 0 Å². The van der Waals surface area contributed by atoms with Gasteiger partial charge in [-0.15, -0.1) is 0 Å². The second-order valence-corrected chi connectivity index (χ2v) is 3.09. The van der Waals surface area contributed by atoms with E-state index >= 15 is 0 Å². The van der Waals surface area contributed by atoms with Gasteiger partial charge in [0, 0.05) is 18.0 Å². The molecule has 78 valence electrons. The van der Waals surface area contributed by atoms with Gasteiger partial charge in [-0.1, -0.05) is 38.7 Å². The first-order chi connectivity index (χ1) is 6.77. The predicted octanol–water partition coefficient (Wildman–Crippen LogP) is 3.54. The molecule has 0 amide bonds. The molecule has 14 heavy (non-hydrogen) atoms. The van der Waals surface area contributed by atoms with Crippen molar-refractivity contribution in [2.75, 3.05) is 6.26 Å². The van der Waals surface area contributed by atoms with Crippen LogP contribution in [0.1, 0.15) is 25.1 Å². The zero-order chi connectivity index (χ0) is 11.0. The first kappa shape index (κ1) is 13.0. The van der Waals surface area contributed by atoms with Crippen molar-refractivity contribution in [3.8, 4) is 0 Å². The molecule has 1 aromatic heterocycles. The molecule has 2 nitrogen and oxygen atoms in total. The number of allylic oxidation sites excluding steroid dienone is 2. The third-order valence-electron chi connectivity index (χ3n) is 1.51. The zero-order valence-corrected chi connectivity index (χ0v) is 10.1. The van der Waals surface area contributed by atoms with E-state index in [0.29, 0.717) is 0 Å². The lowest BCUT2D eigenvalue weighted by Crippen LogP contribution is -1.83. The van der Waals surface area contributed by atoms with Crippen molar-refractivity contribution in [1.82, 2.24) is 9.19 Å². The summed E-state index contributed by atoms with van der Waals surface area (Å²) in [6.45, 7) is 9.61. The van der Waals surface area contributed by atoms with Crippen molar-refractivity contribution < 1.29 is 0 Å². The third-order valence-corrected chi connectivity index (χ3v) is 2.08. The highest BCUT2D eigenvalue weighted by Crippen LogP contribution is 2.10. The van der Waals surface area contributed by atoms with E-state index in [9.17, 15) is 0 Å². The molecule has 0 N–H and O–H groups in total. The van der Waals surface area contributed by atoms with E-state index in [1.54, 1.807) is 18.0 Å². The molecule has 0 spiro atoms. The van der Waals surface area contributed by atoms with Gasteiger partial charge in [0.1, 0.15) is 0 Å². The van der Waals surface area contributed by atoms with Gasteiger partial charge in [-0.3, -0.25) is 0 Å². The van der Waals surface area contributed by atoms with E-state index < -0.39 is 0 Å². The first-order valence-electron chi connectivity index (χ1n) is 4.67. The molecule has 0 aliphatic heterocycles. The minimum atomic E-state index is 1.04. The lowest BCUT2D eigenvalue weighted by atomic mass is 10.2. The number of aryl methyl sites for hydroxylation is 1. The lowest BCUT2D eigenvalue weighted by Gasteiger charge is -1.87. The second-order valence-electron chi connectivity index (χ2n) is 2.35. The van der Waals surface area contributed by atoms with Crippen LogP contribution in [-0.2, 0) is 0 Å². The van der Waals surface area contributed by atoms with Crippen LogP contribution in [0, 0.1) is 6.92 Å². The van der Waals surface area contributed by atoms with E-state index in [2.05, 4.69) is 11.7 Å². The van der Waals surface area contributed by atoms with Gasteiger partial charge in [-0.2, -0.15) is 5.10 Å². The molecule has 1 heterocycles. The average Bonchev–Trinajstić information content (AvgIpc) is 2.59. The summed E-state index contributed by atoms with van der Waals surface area (Å²) in [4.78, 5) is 0. The van der Waals surface area contributed by atoms with Gasteiger partial charge in [0.25, 0.3) is 0 Å².